The zero-order valence-corrected chi connectivity index (χ0v) is 26.9. The number of methoxy groups -OCH3 is 1. The monoisotopic (exact) mass is 711 g/mol. The minimum absolute atomic E-state index is 0.00132. The Labute approximate surface area is 269 Å². The van der Waals surface area contributed by atoms with E-state index in [2.05, 4.69) is 5.32 Å². The van der Waals surface area contributed by atoms with Crippen LogP contribution in [0.4, 0.5) is 5.69 Å². The van der Waals surface area contributed by atoms with E-state index in [0.717, 1.165) is 19.2 Å². The maximum absolute atomic E-state index is 13.1. The van der Waals surface area contributed by atoms with Gasteiger partial charge < -0.3 is 25.3 Å². The molecule has 1 aliphatic heterocycles. The number of anilines is 1. The average Bonchev–Trinajstić information content (AvgIpc) is 2.97. The third kappa shape index (κ3) is 7.29. The highest BCUT2D eigenvalue weighted by molar-refractivity contribution is 8.76. The van der Waals surface area contributed by atoms with Crippen LogP contribution in [0.5, 0.6) is 0 Å². The molecule has 0 radical (unpaired) electrons. The van der Waals surface area contributed by atoms with Crippen LogP contribution in [-0.2, 0) is 29.8 Å². The molecular weight excluding hydrogens is 687 g/mol. The molecule has 1 heterocycles. The van der Waals surface area contributed by atoms with Crippen LogP contribution in [0.25, 0.3) is 33.4 Å². The number of ether oxygens (including phenoxy) is 1. The van der Waals surface area contributed by atoms with Crippen molar-refractivity contribution in [2.24, 2.45) is 0 Å². The van der Waals surface area contributed by atoms with E-state index in [0.29, 0.717) is 11.5 Å². The van der Waals surface area contributed by atoms with Gasteiger partial charge >= 0.3 is 11.9 Å². The SMILES string of the molecule is COC(=O)c1cc(C(=O)NCCSSCCC(=O)O)ccc1-c1c2ccc(=N)c(S(=O)(=O)O)c-2oc2c(S(=O)(=O)O)c(N)ccc12. The molecule has 19 heteroatoms. The van der Waals surface area contributed by atoms with E-state index >= 15 is 0 Å². The first-order valence-corrected chi connectivity index (χ1v) is 18.2. The van der Waals surface area contributed by atoms with Gasteiger partial charge in [0.2, 0.25) is 0 Å². The van der Waals surface area contributed by atoms with Crippen molar-refractivity contribution in [1.82, 2.24) is 5.32 Å². The first-order valence-electron chi connectivity index (χ1n) is 12.8. The van der Waals surface area contributed by atoms with Crippen LogP contribution in [-0.4, -0.2) is 74.1 Å². The van der Waals surface area contributed by atoms with Gasteiger partial charge in [0, 0.05) is 40.1 Å². The lowest BCUT2D eigenvalue weighted by atomic mass is 9.89. The van der Waals surface area contributed by atoms with Crippen molar-refractivity contribution in [2.75, 3.05) is 30.9 Å². The maximum Gasteiger partial charge on any atom is 0.338 e. The van der Waals surface area contributed by atoms with E-state index in [1.54, 1.807) is 0 Å². The number of hydrogen-bond donors (Lipinski definition) is 6. The van der Waals surface area contributed by atoms with Crippen LogP contribution >= 0.6 is 21.6 Å². The molecule has 0 saturated carbocycles. The standard InChI is InChI=1S/C27H25N3O12S4/c1-41-27(34)17-12-13(26(33)30-9-11-44-43-10-8-20(31)32)2-3-14(17)21-15-4-6-18(28)24(45(35,36)37)22(15)42-23-16(21)5-7-19(29)25(23)46(38,39)40/h2-7,12,28H,8-11,29H2,1H3,(H,30,33)(H,31,32)(H,35,36,37)(H,38,39,40). The van der Waals surface area contributed by atoms with Gasteiger partial charge in [-0.25, -0.2) is 4.79 Å². The fraction of sp³-hybridized carbons (Fsp3) is 0.185. The Morgan fingerprint density at radius 3 is 2.24 bits per heavy atom. The molecule has 0 unspecified atom stereocenters. The topological polar surface area (TPSA) is 264 Å². The van der Waals surface area contributed by atoms with E-state index in [4.69, 9.17) is 25.4 Å². The molecule has 0 atom stereocenters. The highest BCUT2D eigenvalue weighted by atomic mass is 33.1. The number of carboxylic acids is 1. The van der Waals surface area contributed by atoms with Crippen molar-refractivity contribution in [3.8, 4) is 22.5 Å². The highest BCUT2D eigenvalue weighted by Gasteiger charge is 2.32. The maximum atomic E-state index is 13.1. The smallest absolute Gasteiger partial charge is 0.338 e. The van der Waals surface area contributed by atoms with Crippen molar-refractivity contribution in [1.29, 1.82) is 5.41 Å². The van der Waals surface area contributed by atoms with Crippen LogP contribution < -0.4 is 16.4 Å². The second kappa shape index (κ2) is 13.7. The third-order valence-corrected chi connectivity index (χ3v) is 10.7. The lowest BCUT2D eigenvalue weighted by Gasteiger charge is -2.20. The predicted molar refractivity (Wildman–Crippen MR) is 169 cm³/mol. The van der Waals surface area contributed by atoms with Gasteiger partial charge in [0.05, 0.1) is 30.1 Å². The number of carboxylic acid groups (broad SMARTS) is 1. The number of benzene rings is 3. The van der Waals surface area contributed by atoms with Crippen molar-refractivity contribution in [2.45, 2.75) is 16.2 Å². The first-order chi connectivity index (χ1) is 21.6. The van der Waals surface area contributed by atoms with Gasteiger partial charge in [-0.05, 0) is 42.0 Å². The second-order valence-electron chi connectivity index (χ2n) is 9.40. The average molecular weight is 712 g/mol. The summed E-state index contributed by atoms with van der Waals surface area (Å²) in [7, 11) is -6.48. The van der Waals surface area contributed by atoms with Gasteiger partial charge in [-0.15, -0.1) is 0 Å². The number of fused-ring (bicyclic) bond motifs is 2. The largest absolute Gasteiger partial charge is 0.481 e. The zero-order chi connectivity index (χ0) is 34.0. The number of carbonyl (C=O) groups is 3. The molecule has 244 valence electrons. The molecule has 0 spiro atoms. The van der Waals surface area contributed by atoms with Gasteiger partial charge in [-0.1, -0.05) is 27.7 Å². The highest BCUT2D eigenvalue weighted by Crippen LogP contribution is 2.45. The molecule has 0 fully saturated rings. The summed E-state index contributed by atoms with van der Waals surface area (Å²) in [6.07, 6.45) is -0.00132. The van der Waals surface area contributed by atoms with Crippen LogP contribution in [0.1, 0.15) is 27.1 Å². The summed E-state index contributed by atoms with van der Waals surface area (Å²) < 4.78 is 80.1. The van der Waals surface area contributed by atoms with E-state index in [-0.39, 0.29) is 46.2 Å². The normalized spacial score (nSPS) is 11.9. The van der Waals surface area contributed by atoms with Gasteiger partial charge in [0.1, 0.15) is 0 Å². The van der Waals surface area contributed by atoms with Crippen molar-refractivity contribution < 1.29 is 54.6 Å². The van der Waals surface area contributed by atoms with Crippen LogP contribution in [0.15, 0.2) is 56.7 Å². The Morgan fingerprint density at radius 1 is 0.957 bits per heavy atom. The van der Waals surface area contributed by atoms with Gasteiger partial charge in [-0.3, -0.25) is 24.1 Å². The number of hydrogen-bond acceptors (Lipinski definition) is 13. The van der Waals surface area contributed by atoms with Crippen molar-refractivity contribution in [3.05, 3.63) is 58.9 Å². The number of nitrogens with one attached hydrogen (secondary N) is 2. The molecule has 46 heavy (non-hydrogen) atoms. The first kappa shape index (κ1) is 34.7. The molecule has 1 amide bonds. The van der Waals surface area contributed by atoms with E-state index in [1.807, 2.05) is 0 Å². The lowest BCUT2D eigenvalue weighted by molar-refractivity contribution is -0.136. The Morgan fingerprint density at radius 2 is 1.61 bits per heavy atom. The minimum atomic E-state index is -5.15. The molecule has 2 aliphatic rings. The number of amides is 1. The van der Waals surface area contributed by atoms with E-state index in [1.165, 1.54) is 51.9 Å². The fourth-order valence-electron chi connectivity index (χ4n) is 4.53. The molecule has 1 aliphatic carbocycles. The number of rotatable bonds is 12. The molecule has 2 aromatic rings. The molecule has 4 rings (SSSR count). The molecule has 15 nitrogen and oxygen atoms in total. The van der Waals surface area contributed by atoms with Crippen LogP contribution in [0, 0.1) is 5.41 Å². The molecule has 7 N–H and O–H groups in total. The molecule has 0 saturated heterocycles. The summed E-state index contributed by atoms with van der Waals surface area (Å²) in [5.41, 5.74) is 4.42. The number of carbonyl (C=O) groups excluding carboxylic acids is 2. The van der Waals surface area contributed by atoms with Gasteiger partial charge in [-0.2, -0.15) is 16.8 Å². The summed E-state index contributed by atoms with van der Waals surface area (Å²) in [6.45, 7) is 0.210. The van der Waals surface area contributed by atoms with E-state index in [9.17, 15) is 40.3 Å². The zero-order valence-electron chi connectivity index (χ0n) is 23.6. The van der Waals surface area contributed by atoms with Crippen LogP contribution in [0.3, 0.4) is 0 Å². The van der Waals surface area contributed by atoms with E-state index < -0.39 is 70.3 Å². The number of nitrogen functional groups attached to an aromatic ring is 1. The minimum Gasteiger partial charge on any atom is -0.481 e. The molecule has 2 aromatic carbocycles. The van der Waals surface area contributed by atoms with Crippen LogP contribution in [0.2, 0.25) is 0 Å². The Hall–Kier alpha value is -4.14. The molecule has 0 aromatic heterocycles. The lowest BCUT2D eigenvalue weighted by Crippen LogP contribution is -2.26. The summed E-state index contributed by atoms with van der Waals surface area (Å²) in [5, 5.41) is 18.7. The van der Waals surface area contributed by atoms with Crippen molar-refractivity contribution >= 4 is 76.3 Å². The third-order valence-electron chi connectivity index (χ3n) is 6.42. The number of aliphatic carboxylic acids is 1. The fourth-order valence-corrected chi connectivity index (χ4v) is 7.90. The predicted octanol–water partition coefficient (Wildman–Crippen LogP) is 3.13. The Kier molecular flexibility index (Phi) is 10.3. The number of esters is 1. The van der Waals surface area contributed by atoms with Gasteiger partial charge in [0.15, 0.2) is 21.1 Å². The summed E-state index contributed by atoms with van der Waals surface area (Å²) >= 11 is 0. The summed E-state index contributed by atoms with van der Waals surface area (Å²) in [5.74, 6) is -2.25. The quantitative estimate of drug-likeness (QED) is 0.0308. The Bertz CT molecular complexity index is 2130. The van der Waals surface area contributed by atoms with Gasteiger partial charge in [0.25, 0.3) is 26.1 Å². The second-order valence-corrected chi connectivity index (χ2v) is 14.8. The summed E-state index contributed by atoms with van der Waals surface area (Å²) in [4.78, 5) is 34.7. The number of nitrogens with two attached hydrogens (primary N) is 1. The molecule has 0 bridgehead atoms. The summed E-state index contributed by atoms with van der Waals surface area (Å²) in [6, 6.07) is 8.60. The van der Waals surface area contributed by atoms with Crippen molar-refractivity contribution in [3.63, 3.8) is 0 Å². The molecular formula is C27H25N3O12S4. The Balaban J connectivity index is 1.92.